The molecule has 124 valence electrons. The molecule has 1 heterocycles. The fourth-order valence-electron chi connectivity index (χ4n) is 2.03. The second-order valence-corrected chi connectivity index (χ2v) is 6.55. The van der Waals surface area contributed by atoms with Crippen LogP contribution in [0.4, 0.5) is 4.39 Å². The number of carbonyl (C=O) groups is 1. The maximum atomic E-state index is 12.8. The highest BCUT2D eigenvalue weighted by molar-refractivity contribution is 7.90. The third-order valence-corrected chi connectivity index (χ3v) is 4.55. The highest BCUT2D eigenvalue weighted by atomic mass is 32.2. The second kappa shape index (κ2) is 6.32. The molecule has 24 heavy (non-hydrogen) atoms. The van der Waals surface area contributed by atoms with Crippen LogP contribution in [0.2, 0.25) is 0 Å². The molecule has 1 N–H and O–H groups in total. The first-order chi connectivity index (χ1) is 11.4. The number of halogens is 1. The Bertz CT molecular complexity index is 907. The zero-order chi connectivity index (χ0) is 17.2. The van der Waals surface area contributed by atoms with Gasteiger partial charge in [-0.15, -0.1) is 0 Å². The zero-order valence-electron chi connectivity index (χ0n) is 12.2. The van der Waals surface area contributed by atoms with Crippen LogP contribution in [0.25, 0.3) is 6.08 Å². The van der Waals surface area contributed by atoms with E-state index in [1.807, 2.05) is 4.72 Å². The summed E-state index contributed by atoms with van der Waals surface area (Å²) in [6, 6.07) is 9.21. The summed E-state index contributed by atoms with van der Waals surface area (Å²) >= 11 is 0. The number of hydrogen-bond donors (Lipinski definition) is 1. The minimum Gasteiger partial charge on any atom is -0.454 e. The molecule has 0 bridgehead atoms. The van der Waals surface area contributed by atoms with E-state index in [4.69, 9.17) is 9.47 Å². The van der Waals surface area contributed by atoms with E-state index in [1.54, 1.807) is 18.2 Å². The molecule has 0 aliphatic carbocycles. The summed E-state index contributed by atoms with van der Waals surface area (Å²) in [6.07, 6.45) is 2.52. The first-order valence-corrected chi connectivity index (χ1v) is 8.32. The molecule has 0 saturated carbocycles. The van der Waals surface area contributed by atoms with Gasteiger partial charge in [-0.25, -0.2) is 17.5 Å². The number of amides is 1. The molecule has 6 nitrogen and oxygen atoms in total. The molecule has 0 atom stereocenters. The molecule has 0 fully saturated rings. The lowest BCUT2D eigenvalue weighted by atomic mass is 10.2. The maximum absolute atomic E-state index is 12.8. The van der Waals surface area contributed by atoms with Gasteiger partial charge in [0.15, 0.2) is 11.5 Å². The van der Waals surface area contributed by atoms with Crippen molar-refractivity contribution in [2.24, 2.45) is 0 Å². The average molecular weight is 349 g/mol. The van der Waals surface area contributed by atoms with Gasteiger partial charge in [-0.05, 0) is 48.0 Å². The molecular formula is C16H12FNO5S. The van der Waals surface area contributed by atoms with Gasteiger partial charge in [-0.1, -0.05) is 6.07 Å². The number of carbonyl (C=O) groups excluding carboxylic acids is 1. The first-order valence-electron chi connectivity index (χ1n) is 6.84. The van der Waals surface area contributed by atoms with Crippen LogP contribution in [0.5, 0.6) is 11.5 Å². The lowest BCUT2D eigenvalue weighted by Gasteiger charge is -2.04. The van der Waals surface area contributed by atoms with Crippen molar-refractivity contribution in [1.29, 1.82) is 0 Å². The Hall–Kier alpha value is -2.87. The minimum absolute atomic E-state index is 0.138. The highest BCUT2D eigenvalue weighted by Gasteiger charge is 2.16. The van der Waals surface area contributed by atoms with Crippen molar-refractivity contribution < 1.29 is 27.1 Å². The highest BCUT2D eigenvalue weighted by Crippen LogP contribution is 2.32. The van der Waals surface area contributed by atoms with E-state index >= 15 is 0 Å². The predicted molar refractivity (Wildman–Crippen MR) is 83.3 cm³/mol. The van der Waals surface area contributed by atoms with Crippen LogP contribution in [0.3, 0.4) is 0 Å². The fraction of sp³-hybridized carbons (Fsp3) is 0.0625. The molecule has 0 saturated heterocycles. The van der Waals surface area contributed by atoms with E-state index in [1.165, 1.54) is 6.08 Å². The van der Waals surface area contributed by atoms with Crippen molar-refractivity contribution >= 4 is 22.0 Å². The summed E-state index contributed by atoms with van der Waals surface area (Å²) in [4.78, 5) is 11.6. The monoisotopic (exact) mass is 349 g/mol. The summed E-state index contributed by atoms with van der Waals surface area (Å²) in [5.41, 5.74) is 0.647. The normalized spacial score (nSPS) is 13.2. The summed E-state index contributed by atoms with van der Waals surface area (Å²) in [5.74, 6) is -0.230. The van der Waals surface area contributed by atoms with Crippen LogP contribution in [0.1, 0.15) is 5.56 Å². The summed E-state index contributed by atoms with van der Waals surface area (Å²) in [5, 5.41) is 0. The fourth-order valence-corrected chi connectivity index (χ4v) is 2.97. The van der Waals surface area contributed by atoms with E-state index in [2.05, 4.69) is 0 Å². The lowest BCUT2D eigenvalue weighted by molar-refractivity contribution is -0.114. The molecule has 1 amide bonds. The molecule has 8 heteroatoms. The van der Waals surface area contributed by atoms with Gasteiger partial charge in [0.05, 0.1) is 4.90 Å². The number of hydrogen-bond acceptors (Lipinski definition) is 5. The van der Waals surface area contributed by atoms with Gasteiger partial charge >= 0.3 is 0 Å². The van der Waals surface area contributed by atoms with Crippen LogP contribution in [-0.2, 0) is 14.8 Å². The van der Waals surface area contributed by atoms with Gasteiger partial charge in [-0.3, -0.25) is 4.79 Å². The molecule has 0 aromatic heterocycles. The van der Waals surface area contributed by atoms with Crippen LogP contribution in [-0.4, -0.2) is 21.1 Å². The van der Waals surface area contributed by atoms with E-state index in [-0.39, 0.29) is 11.7 Å². The largest absolute Gasteiger partial charge is 0.454 e. The Morgan fingerprint density at radius 1 is 1.08 bits per heavy atom. The number of fused-ring (bicyclic) bond motifs is 1. The van der Waals surface area contributed by atoms with E-state index in [0.717, 1.165) is 30.3 Å². The summed E-state index contributed by atoms with van der Waals surface area (Å²) < 4.78 is 49.1. The van der Waals surface area contributed by atoms with Gasteiger partial charge in [0.1, 0.15) is 5.82 Å². The molecule has 1 aliphatic rings. The summed E-state index contributed by atoms with van der Waals surface area (Å²) in [6.45, 7) is 0.138. The van der Waals surface area contributed by atoms with Crippen molar-refractivity contribution in [3.63, 3.8) is 0 Å². The Morgan fingerprint density at radius 2 is 1.79 bits per heavy atom. The van der Waals surface area contributed by atoms with Crippen molar-refractivity contribution in [3.05, 3.63) is 59.9 Å². The number of ether oxygens (including phenoxy) is 2. The Kier molecular flexibility index (Phi) is 4.22. The minimum atomic E-state index is -4.05. The standard InChI is InChI=1S/C16H12FNO5S/c17-12-3-5-13(6-4-12)24(20,21)18-16(19)8-2-11-1-7-14-15(9-11)23-10-22-14/h1-9H,10H2,(H,18,19)/b8-2+. The van der Waals surface area contributed by atoms with E-state index < -0.39 is 21.7 Å². The predicted octanol–water partition coefficient (Wildman–Crippen LogP) is 2.07. The average Bonchev–Trinajstić information content (AvgIpc) is 3.00. The first kappa shape index (κ1) is 16.0. The van der Waals surface area contributed by atoms with Gasteiger partial charge in [-0.2, -0.15) is 0 Å². The van der Waals surface area contributed by atoms with Crippen LogP contribution < -0.4 is 14.2 Å². The second-order valence-electron chi connectivity index (χ2n) is 4.87. The smallest absolute Gasteiger partial charge is 0.264 e. The van der Waals surface area contributed by atoms with Crippen molar-refractivity contribution in [2.75, 3.05) is 6.79 Å². The van der Waals surface area contributed by atoms with Gasteiger partial charge in [0.2, 0.25) is 6.79 Å². The third-order valence-electron chi connectivity index (χ3n) is 3.18. The number of benzene rings is 2. The Balaban J connectivity index is 1.69. The third kappa shape index (κ3) is 3.54. The Morgan fingerprint density at radius 3 is 2.54 bits per heavy atom. The van der Waals surface area contributed by atoms with E-state index in [0.29, 0.717) is 17.1 Å². The van der Waals surface area contributed by atoms with Crippen LogP contribution in [0.15, 0.2) is 53.4 Å². The van der Waals surface area contributed by atoms with Crippen molar-refractivity contribution in [3.8, 4) is 11.5 Å². The number of nitrogens with one attached hydrogen (secondary N) is 1. The van der Waals surface area contributed by atoms with Gasteiger partial charge in [0.25, 0.3) is 15.9 Å². The molecule has 2 aromatic rings. The SMILES string of the molecule is O=C(/C=C/c1ccc2c(c1)OCO2)NS(=O)(=O)c1ccc(F)cc1. The number of rotatable bonds is 4. The van der Waals surface area contributed by atoms with Crippen molar-refractivity contribution in [1.82, 2.24) is 4.72 Å². The van der Waals surface area contributed by atoms with Crippen molar-refractivity contribution in [2.45, 2.75) is 4.90 Å². The topological polar surface area (TPSA) is 81.7 Å². The van der Waals surface area contributed by atoms with E-state index in [9.17, 15) is 17.6 Å². The molecular weight excluding hydrogens is 337 g/mol. The zero-order valence-corrected chi connectivity index (χ0v) is 13.0. The van der Waals surface area contributed by atoms with Gasteiger partial charge < -0.3 is 9.47 Å². The quantitative estimate of drug-likeness (QED) is 0.855. The molecule has 2 aromatic carbocycles. The molecule has 3 rings (SSSR count). The maximum Gasteiger partial charge on any atom is 0.264 e. The Labute approximate surface area is 137 Å². The van der Waals surface area contributed by atoms with Crippen LogP contribution in [0, 0.1) is 5.82 Å². The molecule has 0 unspecified atom stereocenters. The number of sulfonamides is 1. The summed E-state index contributed by atoms with van der Waals surface area (Å²) in [7, 11) is -4.05. The van der Waals surface area contributed by atoms with Gasteiger partial charge in [0, 0.05) is 6.08 Å². The molecule has 1 aliphatic heterocycles. The molecule has 0 radical (unpaired) electrons. The molecule has 0 spiro atoms. The van der Waals surface area contributed by atoms with Crippen LogP contribution >= 0.6 is 0 Å². The lowest BCUT2D eigenvalue weighted by Crippen LogP contribution is -2.28.